The first-order valence-electron chi connectivity index (χ1n) is 6.49. The molecule has 0 bridgehead atoms. The average Bonchev–Trinajstić information content (AvgIpc) is 2.96. The van der Waals surface area contributed by atoms with Gasteiger partial charge < -0.3 is 4.98 Å². The SMILES string of the molecule is CC.CN1CCCC1c1nc2ccccc2[nH]1. The highest BCUT2D eigenvalue weighted by atomic mass is 15.2. The second-order valence-electron chi connectivity index (χ2n) is 4.28. The van der Waals surface area contributed by atoms with Crippen molar-refractivity contribution in [2.24, 2.45) is 0 Å². The molecule has 0 radical (unpaired) electrons. The Hall–Kier alpha value is -1.35. The van der Waals surface area contributed by atoms with Gasteiger partial charge >= 0.3 is 0 Å². The lowest BCUT2D eigenvalue weighted by Crippen LogP contribution is -2.18. The van der Waals surface area contributed by atoms with Crippen molar-refractivity contribution in [3.63, 3.8) is 0 Å². The number of nitrogens with zero attached hydrogens (tertiary/aromatic N) is 2. The fraction of sp³-hybridized carbons (Fsp3) is 0.500. The van der Waals surface area contributed by atoms with Crippen LogP contribution >= 0.6 is 0 Å². The smallest absolute Gasteiger partial charge is 0.124 e. The molecule has 1 atom stereocenters. The van der Waals surface area contributed by atoms with E-state index in [1.54, 1.807) is 0 Å². The van der Waals surface area contributed by atoms with Crippen molar-refractivity contribution in [3.8, 4) is 0 Å². The van der Waals surface area contributed by atoms with E-state index in [1.165, 1.54) is 19.4 Å². The number of imidazole rings is 1. The maximum atomic E-state index is 4.65. The molecule has 1 unspecified atom stereocenters. The quantitative estimate of drug-likeness (QED) is 0.816. The molecule has 3 nitrogen and oxygen atoms in total. The van der Waals surface area contributed by atoms with Gasteiger partial charge in [-0.1, -0.05) is 26.0 Å². The van der Waals surface area contributed by atoms with E-state index in [-0.39, 0.29) is 0 Å². The summed E-state index contributed by atoms with van der Waals surface area (Å²) >= 11 is 0. The summed E-state index contributed by atoms with van der Waals surface area (Å²) in [6.45, 7) is 5.18. The molecule has 3 heteroatoms. The van der Waals surface area contributed by atoms with Crippen LogP contribution in [-0.4, -0.2) is 28.5 Å². The van der Waals surface area contributed by atoms with Crippen LogP contribution in [0.3, 0.4) is 0 Å². The average molecular weight is 231 g/mol. The van der Waals surface area contributed by atoms with Gasteiger partial charge in [0.25, 0.3) is 0 Å². The number of aromatic nitrogens is 2. The van der Waals surface area contributed by atoms with E-state index in [4.69, 9.17) is 0 Å². The molecular formula is C14H21N3. The van der Waals surface area contributed by atoms with Gasteiger partial charge in [-0.2, -0.15) is 0 Å². The van der Waals surface area contributed by atoms with E-state index in [0.29, 0.717) is 6.04 Å². The monoisotopic (exact) mass is 231 g/mol. The first-order chi connectivity index (χ1) is 8.34. The molecule has 1 aromatic heterocycles. The maximum Gasteiger partial charge on any atom is 0.124 e. The fourth-order valence-electron chi connectivity index (χ4n) is 2.39. The summed E-state index contributed by atoms with van der Waals surface area (Å²) < 4.78 is 0. The predicted molar refractivity (Wildman–Crippen MR) is 72.0 cm³/mol. The summed E-state index contributed by atoms with van der Waals surface area (Å²) in [5, 5.41) is 0. The minimum atomic E-state index is 0.484. The normalized spacial score (nSPS) is 20.3. The van der Waals surface area contributed by atoms with Gasteiger partial charge in [0.05, 0.1) is 17.1 Å². The largest absolute Gasteiger partial charge is 0.341 e. The van der Waals surface area contributed by atoms with Gasteiger partial charge in [-0.15, -0.1) is 0 Å². The van der Waals surface area contributed by atoms with Gasteiger partial charge in [0.2, 0.25) is 0 Å². The topological polar surface area (TPSA) is 31.9 Å². The van der Waals surface area contributed by atoms with Crippen LogP contribution in [0, 0.1) is 0 Å². The number of H-pyrrole nitrogens is 1. The zero-order chi connectivity index (χ0) is 12.3. The summed E-state index contributed by atoms with van der Waals surface area (Å²) in [6, 6.07) is 8.70. The van der Waals surface area contributed by atoms with Gasteiger partial charge in [0, 0.05) is 0 Å². The van der Waals surface area contributed by atoms with Crippen molar-refractivity contribution in [1.82, 2.24) is 14.9 Å². The van der Waals surface area contributed by atoms with Crippen molar-refractivity contribution < 1.29 is 0 Å². The van der Waals surface area contributed by atoms with Crippen molar-refractivity contribution in [2.75, 3.05) is 13.6 Å². The first-order valence-corrected chi connectivity index (χ1v) is 6.49. The standard InChI is InChI=1S/C12H15N3.C2H6/c1-15-8-4-7-11(15)12-13-9-5-2-3-6-10(9)14-12;1-2/h2-3,5-6,11H,4,7-8H2,1H3,(H,13,14);1-2H3. The second-order valence-corrected chi connectivity index (χ2v) is 4.28. The molecule has 1 aromatic carbocycles. The molecular weight excluding hydrogens is 210 g/mol. The molecule has 3 rings (SSSR count). The highest BCUT2D eigenvalue weighted by molar-refractivity contribution is 5.74. The van der Waals surface area contributed by atoms with E-state index in [9.17, 15) is 0 Å². The highest BCUT2D eigenvalue weighted by Gasteiger charge is 2.24. The molecule has 1 saturated heterocycles. The minimum Gasteiger partial charge on any atom is -0.341 e. The minimum absolute atomic E-state index is 0.484. The molecule has 0 saturated carbocycles. The van der Waals surface area contributed by atoms with Crippen LogP contribution in [0.5, 0.6) is 0 Å². The lowest BCUT2D eigenvalue weighted by atomic mass is 10.2. The Kier molecular flexibility index (Phi) is 3.79. The van der Waals surface area contributed by atoms with Crippen LogP contribution in [0.4, 0.5) is 0 Å². The number of fused-ring (bicyclic) bond motifs is 1. The Morgan fingerprint density at radius 2 is 2.06 bits per heavy atom. The molecule has 92 valence electrons. The van der Waals surface area contributed by atoms with Crippen molar-refractivity contribution in [2.45, 2.75) is 32.7 Å². The van der Waals surface area contributed by atoms with Crippen LogP contribution in [0.25, 0.3) is 11.0 Å². The van der Waals surface area contributed by atoms with Crippen LogP contribution in [-0.2, 0) is 0 Å². The lowest BCUT2D eigenvalue weighted by Gasteiger charge is -2.16. The molecule has 0 aliphatic carbocycles. The zero-order valence-electron chi connectivity index (χ0n) is 10.9. The fourth-order valence-corrected chi connectivity index (χ4v) is 2.39. The first kappa shape index (κ1) is 12.1. The van der Waals surface area contributed by atoms with Gasteiger partial charge in [-0.25, -0.2) is 4.98 Å². The maximum absolute atomic E-state index is 4.65. The lowest BCUT2D eigenvalue weighted by molar-refractivity contribution is 0.307. The van der Waals surface area contributed by atoms with Crippen LogP contribution in [0.15, 0.2) is 24.3 Å². The highest BCUT2D eigenvalue weighted by Crippen LogP contribution is 2.29. The summed E-state index contributed by atoms with van der Waals surface area (Å²) in [5.41, 5.74) is 2.22. The predicted octanol–water partition coefficient (Wildman–Crippen LogP) is 3.36. The molecule has 1 aliphatic rings. The Bertz CT molecular complexity index is 442. The number of nitrogens with one attached hydrogen (secondary N) is 1. The number of aromatic amines is 1. The van der Waals surface area contributed by atoms with E-state index >= 15 is 0 Å². The molecule has 0 spiro atoms. The van der Waals surface area contributed by atoms with E-state index < -0.39 is 0 Å². The molecule has 17 heavy (non-hydrogen) atoms. The molecule has 1 fully saturated rings. The van der Waals surface area contributed by atoms with Gasteiger partial charge in [-0.05, 0) is 38.6 Å². The number of hydrogen-bond donors (Lipinski definition) is 1. The Morgan fingerprint density at radius 3 is 2.71 bits per heavy atom. The Balaban J connectivity index is 0.000000514. The molecule has 0 amide bonds. The summed E-state index contributed by atoms with van der Waals surface area (Å²) in [5.74, 6) is 1.12. The zero-order valence-corrected chi connectivity index (χ0v) is 10.9. The van der Waals surface area contributed by atoms with E-state index in [1.807, 2.05) is 26.0 Å². The van der Waals surface area contributed by atoms with Gasteiger partial charge in [0.1, 0.15) is 5.82 Å². The van der Waals surface area contributed by atoms with Crippen LogP contribution in [0.2, 0.25) is 0 Å². The van der Waals surface area contributed by atoms with Crippen LogP contribution < -0.4 is 0 Å². The van der Waals surface area contributed by atoms with Gasteiger partial charge in [-0.3, -0.25) is 4.90 Å². The Labute approximate surface area is 103 Å². The summed E-state index contributed by atoms with van der Waals surface area (Å²) in [6.07, 6.45) is 2.49. The number of benzene rings is 1. The number of rotatable bonds is 1. The molecule has 1 aliphatic heterocycles. The number of hydrogen-bond acceptors (Lipinski definition) is 2. The van der Waals surface area contributed by atoms with E-state index in [0.717, 1.165) is 16.9 Å². The van der Waals surface area contributed by atoms with Crippen molar-refractivity contribution in [3.05, 3.63) is 30.1 Å². The van der Waals surface area contributed by atoms with Crippen molar-refractivity contribution in [1.29, 1.82) is 0 Å². The number of para-hydroxylation sites is 2. The van der Waals surface area contributed by atoms with Crippen molar-refractivity contribution >= 4 is 11.0 Å². The molecule has 2 aromatic rings. The summed E-state index contributed by atoms with van der Waals surface area (Å²) in [7, 11) is 2.17. The molecule has 1 N–H and O–H groups in total. The third-order valence-electron chi connectivity index (χ3n) is 3.24. The third-order valence-corrected chi connectivity index (χ3v) is 3.24. The molecule has 2 heterocycles. The second kappa shape index (κ2) is 5.32. The third kappa shape index (κ3) is 2.34. The van der Waals surface area contributed by atoms with E-state index in [2.05, 4.69) is 34.0 Å². The number of likely N-dealkylation sites (tertiary alicyclic amines) is 1. The van der Waals surface area contributed by atoms with Gasteiger partial charge in [0.15, 0.2) is 0 Å². The Morgan fingerprint density at radius 1 is 1.29 bits per heavy atom. The summed E-state index contributed by atoms with van der Waals surface area (Å²) in [4.78, 5) is 10.4. The van der Waals surface area contributed by atoms with Crippen LogP contribution in [0.1, 0.15) is 38.6 Å².